The Morgan fingerprint density at radius 1 is 0.290 bits per heavy atom. The minimum absolute atomic E-state index is 0.0823. The lowest BCUT2D eigenvalue weighted by Crippen LogP contribution is -2.30. The molecule has 0 aromatic rings. The van der Waals surface area contributed by atoms with E-state index in [1.165, 1.54) is 225 Å². The third-order valence-electron chi connectivity index (χ3n) is 13.6. The van der Waals surface area contributed by atoms with Gasteiger partial charge in [-0.25, -0.2) is 0 Å². The van der Waals surface area contributed by atoms with Crippen molar-refractivity contribution < 1.29 is 28.6 Å². The number of hydrogen-bond acceptors (Lipinski definition) is 6. The van der Waals surface area contributed by atoms with E-state index in [-0.39, 0.29) is 31.1 Å². The smallest absolute Gasteiger partial charge is 0.306 e. The normalized spacial score (nSPS) is 12.2. The van der Waals surface area contributed by atoms with Crippen molar-refractivity contribution in [3.8, 4) is 0 Å². The van der Waals surface area contributed by atoms with Crippen molar-refractivity contribution in [2.24, 2.45) is 0 Å². The third-order valence-corrected chi connectivity index (χ3v) is 13.6. The summed E-state index contributed by atoms with van der Waals surface area (Å²) in [5.74, 6) is -0.914. The number of hydrogen-bond donors (Lipinski definition) is 0. The van der Waals surface area contributed by atoms with Gasteiger partial charge in [0.1, 0.15) is 13.2 Å². The quantitative estimate of drug-likeness (QED) is 0.0261. The molecule has 6 nitrogen and oxygen atoms in total. The van der Waals surface area contributed by atoms with Gasteiger partial charge in [-0.3, -0.25) is 14.4 Å². The zero-order valence-electron chi connectivity index (χ0n) is 46.3. The van der Waals surface area contributed by atoms with Crippen molar-refractivity contribution in [3.05, 3.63) is 36.5 Å². The number of esters is 3. The molecule has 1 atom stereocenters. The molecule has 0 aliphatic heterocycles. The molecular formula is C63H116O6. The van der Waals surface area contributed by atoms with Gasteiger partial charge >= 0.3 is 17.9 Å². The van der Waals surface area contributed by atoms with Crippen LogP contribution in [0.4, 0.5) is 0 Å². The van der Waals surface area contributed by atoms with Crippen LogP contribution in [-0.2, 0) is 28.6 Å². The van der Waals surface area contributed by atoms with Crippen LogP contribution in [-0.4, -0.2) is 37.2 Å². The van der Waals surface area contributed by atoms with Gasteiger partial charge in [-0.1, -0.05) is 295 Å². The van der Waals surface area contributed by atoms with Crippen molar-refractivity contribution in [3.63, 3.8) is 0 Å². The average Bonchev–Trinajstić information content (AvgIpc) is 3.35. The monoisotopic (exact) mass is 969 g/mol. The lowest BCUT2D eigenvalue weighted by Gasteiger charge is -2.18. The largest absolute Gasteiger partial charge is 0.462 e. The predicted octanol–water partition coefficient (Wildman–Crippen LogP) is 20.4. The topological polar surface area (TPSA) is 78.9 Å². The first-order valence-corrected chi connectivity index (χ1v) is 30.5. The molecule has 0 radical (unpaired) electrons. The number of unbranched alkanes of at least 4 members (excludes halogenated alkanes) is 39. The summed E-state index contributed by atoms with van der Waals surface area (Å²) in [4.78, 5) is 38.2. The van der Waals surface area contributed by atoms with Gasteiger partial charge in [-0.15, -0.1) is 0 Å². The Morgan fingerprint density at radius 3 is 0.870 bits per heavy atom. The molecule has 0 aromatic heterocycles. The molecule has 0 aliphatic rings. The maximum Gasteiger partial charge on any atom is 0.306 e. The fraction of sp³-hybridized carbons (Fsp3) is 0.857. The number of carbonyl (C=O) groups is 3. The molecule has 6 heteroatoms. The Bertz CT molecular complexity index is 1160. The second-order valence-corrected chi connectivity index (χ2v) is 20.6. The van der Waals surface area contributed by atoms with Gasteiger partial charge in [0.25, 0.3) is 0 Å². The summed E-state index contributed by atoms with van der Waals surface area (Å²) in [5, 5.41) is 0. The van der Waals surface area contributed by atoms with Crippen LogP contribution in [0.2, 0.25) is 0 Å². The van der Waals surface area contributed by atoms with E-state index in [0.29, 0.717) is 25.7 Å². The lowest BCUT2D eigenvalue weighted by atomic mass is 10.0. The molecule has 0 rings (SSSR count). The molecule has 0 heterocycles. The van der Waals surface area contributed by atoms with Crippen LogP contribution in [0.5, 0.6) is 0 Å². The van der Waals surface area contributed by atoms with Crippen LogP contribution in [0.15, 0.2) is 36.5 Å². The van der Waals surface area contributed by atoms with E-state index < -0.39 is 6.10 Å². The number of ether oxygens (including phenoxy) is 3. The third kappa shape index (κ3) is 56.4. The van der Waals surface area contributed by atoms with Crippen molar-refractivity contribution in [2.45, 2.75) is 335 Å². The van der Waals surface area contributed by atoms with Gasteiger partial charge in [0.2, 0.25) is 0 Å². The Labute approximate surface area is 429 Å². The summed E-state index contributed by atoms with van der Waals surface area (Å²) in [6.07, 6.45) is 70.0. The molecule has 0 unspecified atom stereocenters. The summed E-state index contributed by atoms with van der Waals surface area (Å²) in [6, 6.07) is 0. The zero-order chi connectivity index (χ0) is 50.0. The minimum atomic E-state index is -0.788. The molecule has 0 spiro atoms. The van der Waals surface area contributed by atoms with Crippen LogP contribution in [0.3, 0.4) is 0 Å². The second-order valence-electron chi connectivity index (χ2n) is 20.6. The highest BCUT2D eigenvalue weighted by molar-refractivity contribution is 5.71. The van der Waals surface area contributed by atoms with Crippen molar-refractivity contribution in [1.29, 1.82) is 0 Å². The molecule has 69 heavy (non-hydrogen) atoms. The van der Waals surface area contributed by atoms with Gasteiger partial charge in [-0.2, -0.15) is 0 Å². The van der Waals surface area contributed by atoms with Crippen LogP contribution >= 0.6 is 0 Å². The van der Waals surface area contributed by atoms with Gasteiger partial charge < -0.3 is 14.2 Å². The van der Waals surface area contributed by atoms with E-state index in [1.54, 1.807) is 0 Å². The van der Waals surface area contributed by atoms with Crippen molar-refractivity contribution in [1.82, 2.24) is 0 Å². The lowest BCUT2D eigenvalue weighted by molar-refractivity contribution is -0.167. The fourth-order valence-corrected chi connectivity index (χ4v) is 9.05. The highest BCUT2D eigenvalue weighted by atomic mass is 16.6. The van der Waals surface area contributed by atoms with E-state index in [0.717, 1.165) is 57.8 Å². The van der Waals surface area contributed by atoms with Crippen molar-refractivity contribution >= 4 is 17.9 Å². The zero-order valence-corrected chi connectivity index (χ0v) is 46.3. The Kier molecular flexibility index (Phi) is 56.2. The van der Waals surface area contributed by atoms with Crippen LogP contribution < -0.4 is 0 Å². The predicted molar refractivity (Wildman–Crippen MR) is 298 cm³/mol. The van der Waals surface area contributed by atoms with E-state index in [9.17, 15) is 14.4 Å². The summed E-state index contributed by atoms with van der Waals surface area (Å²) < 4.78 is 16.9. The first-order valence-electron chi connectivity index (χ1n) is 30.5. The fourth-order valence-electron chi connectivity index (χ4n) is 9.05. The molecule has 0 amide bonds. The maximum absolute atomic E-state index is 12.9. The van der Waals surface area contributed by atoms with Crippen molar-refractivity contribution in [2.75, 3.05) is 13.2 Å². The summed E-state index contributed by atoms with van der Waals surface area (Å²) in [5.41, 5.74) is 0. The Hall–Kier alpha value is -2.37. The van der Waals surface area contributed by atoms with E-state index >= 15 is 0 Å². The van der Waals surface area contributed by atoms with Gasteiger partial charge in [-0.05, 0) is 51.4 Å². The molecule has 0 aromatic carbocycles. The minimum Gasteiger partial charge on any atom is -0.462 e. The van der Waals surface area contributed by atoms with Crippen LogP contribution in [0, 0.1) is 0 Å². The van der Waals surface area contributed by atoms with Crippen LogP contribution in [0.25, 0.3) is 0 Å². The standard InChI is InChI=1S/C63H116O6/c1-4-7-10-13-16-19-22-25-28-31-34-37-40-43-46-49-52-55-61(64)67-58-60(69-63(66)57-54-51-48-45-42-39-36-33-30-27-24-21-18-15-12-9-6-3)59-68-62(65)56-53-50-47-44-41-38-35-32-29-26-23-20-17-14-11-8-5-2/h25,28,34,37,43,46,60H,4-24,26-27,29-33,35-36,38-42,44-45,47-59H2,1-3H3/b28-25-,37-34-,46-43-/t60-/m1/s1. The van der Waals surface area contributed by atoms with Gasteiger partial charge in [0.15, 0.2) is 6.10 Å². The van der Waals surface area contributed by atoms with E-state index in [2.05, 4.69) is 57.2 Å². The van der Waals surface area contributed by atoms with Gasteiger partial charge in [0.05, 0.1) is 0 Å². The number of rotatable bonds is 56. The molecule has 0 aliphatic carbocycles. The Balaban J connectivity index is 4.39. The number of carbonyl (C=O) groups excluding carboxylic acids is 3. The molecule has 0 bridgehead atoms. The molecular weight excluding hydrogens is 853 g/mol. The summed E-state index contributed by atoms with van der Waals surface area (Å²) in [6.45, 7) is 6.65. The summed E-state index contributed by atoms with van der Waals surface area (Å²) in [7, 11) is 0. The number of allylic oxidation sites excluding steroid dienone is 6. The first kappa shape index (κ1) is 66.6. The molecule has 0 saturated carbocycles. The average molecular weight is 970 g/mol. The highest BCUT2D eigenvalue weighted by Gasteiger charge is 2.19. The summed E-state index contributed by atoms with van der Waals surface area (Å²) >= 11 is 0. The van der Waals surface area contributed by atoms with Crippen LogP contribution in [0.1, 0.15) is 329 Å². The molecule has 404 valence electrons. The maximum atomic E-state index is 12.9. The highest BCUT2D eigenvalue weighted by Crippen LogP contribution is 2.17. The molecule has 0 N–H and O–H groups in total. The SMILES string of the molecule is CCCCCCCC/C=C\C/C=C\C/C=C\CCCC(=O)OC[C@H](COC(=O)CCCCCCCCCCCCCCCCCCC)OC(=O)CCCCCCCCCCCCCCCCCCC. The molecule has 0 fully saturated rings. The van der Waals surface area contributed by atoms with Gasteiger partial charge in [0, 0.05) is 19.3 Å². The van der Waals surface area contributed by atoms with E-state index in [4.69, 9.17) is 14.2 Å². The second kappa shape index (κ2) is 58.2. The molecule has 0 saturated heterocycles. The van der Waals surface area contributed by atoms with E-state index in [1.807, 2.05) is 0 Å². The Morgan fingerprint density at radius 2 is 0.536 bits per heavy atom. The first-order chi connectivity index (χ1) is 34.0.